The Balaban J connectivity index is 1.63. The van der Waals surface area contributed by atoms with Crippen LogP contribution in [0.15, 0.2) is 30.3 Å². The molecule has 0 spiro atoms. The maximum atomic E-state index is 12.1. The predicted octanol–water partition coefficient (Wildman–Crippen LogP) is 2.86. The molecule has 0 unspecified atom stereocenters. The zero-order chi connectivity index (χ0) is 14.9. The third kappa shape index (κ3) is 5.67. The van der Waals surface area contributed by atoms with Gasteiger partial charge in [0.15, 0.2) is 0 Å². The molecule has 1 fully saturated rings. The third-order valence-corrected chi connectivity index (χ3v) is 3.88. The number of nitrogens with zero attached hydrogens (tertiary/aromatic N) is 1. The molecule has 4 nitrogen and oxygen atoms in total. The van der Waals surface area contributed by atoms with Crippen molar-refractivity contribution < 1.29 is 14.3 Å². The highest BCUT2D eigenvalue weighted by molar-refractivity contribution is 9.09. The summed E-state index contributed by atoms with van der Waals surface area (Å²) in [7, 11) is 0. The molecular formula is C16H22BrNO3. The second-order valence-electron chi connectivity index (χ2n) is 5.05. The van der Waals surface area contributed by atoms with Gasteiger partial charge in [-0.25, -0.2) is 0 Å². The van der Waals surface area contributed by atoms with Crippen LogP contribution in [-0.4, -0.2) is 48.5 Å². The van der Waals surface area contributed by atoms with Crippen molar-refractivity contribution in [1.29, 1.82) is 0 Å². The van der Waals surface area contributed by atoms with Crippen molar-refractivity contribution >= 4 is 21.8 Å². The van der Waals surface area contributed by atoms with E-state index in [2.05, 4.69) is 15.9 Å². The lowest BCUT2D eigenvalue weighted by Crippen LogP contribution is -2.41. The molecule has 1 amide bonds. The number of para-hydroxylation sites is 1. The van der Waals surface area contributed by atoms with Crippen LogP contribution in [0.1, 0.15) is 19.3 Å². The summed E-state index contributed by atoms with van der Waals surface area (Å²) in [6, 6.07) is 9.60. The summed E-state index contributed by atoms with van der Waals surface area (Å²) in [5, 5.41) is 0.864. The molecule has 21 heavy (non-hydrogen) atoms. The average molecular weight is 356 g/mol. The van der Waals surface area contributed by atoms with E-state index in [0.717, 1.165) is 43.6 Å². The summed E-state index contributed by atoms with van der Waals surface area (Å²) < 4.78 is 11.3. The SMILES string of the molecule is O=C(CCOc1ccccc1)N1CCC(OCCBr)CC1. The Labute approximate surface area is 134 Å². The highest BCUT2D eigenvalue weighted by atomic mass is 79.9. The number of likely N-dealkylation sites (tertiary alicyclic amines) is 1. The molecule has 116 valence electrons. The normalized spacial score (nSPS) is 16.0. The van der Waals surface area contributed by atoms with E-state index >= 15 is 0 Å². The maximum absolute atomic E-state index is 12.1. The van der Waals surface area contributed by atoms with Gasteiger partial charge < -0.3 is 14.4 Å². The van der Waals surface area contributed by atoms with Gasteiger partial charge in [0.1, 0.15) is 5.75 Å². The van der Waals surface area contributed by atoms with Crippen LogP contribution < -0.4 is 4.74 Å². The fourth-order valence-electron chi connectivity index (χ4n) is 2.41. The van der Waals surface area contributed by atoms with Crippen molar-refractivity contribution in [3.8, 4) is 5.75 Å². The number of alkyl halides is 1. The lowest BCUT2D eigenvalue weighted by Gasteiger charge is -2.32. The van der Waals surface area contributed by atoms with Gasteiger partial charge in [0.05, 0.1) is 25.7 Å². The van der Waals surface area contributed by atoms with E-state index in [-0.39, 0.29) is 5.91 Å². The molecule has 0 aromatic heterocycles. The van der Waals surface area contributed by atoms with E-state index in [9.17, 15) is 4.79 Å². The Morgan fingerprint density at radius 3 is 2.57 bits per heavy atom. The molecule has 0 radical (unpaired) electrons. The van der Waals surface area contributed by atoms with Gasteiger partial charge in [-0.3, -0.25) is 4.79 Å². The van der Waals surface area contributed by atoms with Gasteiger partial charge >= 0.3 is 0 Å². The fourth-order valence-corrected chi connectivity index (χ4v) is 2.60. The van der Waals surface area contributed by atoms with Gasteiger partial charge in [-0.05, 0) is 25.0 Å². The van der Waals surface area contributed by atoms with Crippen LogP contribution in [-0.2, 0) is 9.53 Å². The smallest absolute Gasteiger partial charge is 0.226 e. The Bertz CT molecular complexity index is 419. The molecule has 0 atom stereocenters. The Hall–Kier alpha value is -1.07. The number of carbonyl (C=O) groups excluding carboxylic acids is 1. The summed E-state index contributed by atoms with van der Waals surface area (Å²) in [5.41, 5.74) is 0. The second-order valence-corrected chi connectivity index (χ2v) is 5.84. The van der Waals surface area contributed by atoms with E-state index in [4.69, 9.17) is 9.47 Å². The number of halogens is 1. The van der Waals surface area contributed by atoms with Gasteiger partial charge in [0.2, 0.25) is 5.91 Å². The second kappa shape index (κ2) is 9.05. The summed E-state index contributed by atoms with van der Waals surface area (Å²) >= 11 is 3.36. The molecule has 1 saturated heterocycles. The van der Waals surface area contributed by atoms with Crippen LogP contribution in [0.5, 0.6) is 5.75 Å². The molecule has 0 bridgehead atoms. The van der Waals surface area contributed by atoms with Gasteiger partial charge in [-0.2, -0.15) is 0 Å². The minimum Gasteiger partial charge on any atom is -0.493 e. The van der Waals surface area contributed by atoms with Gasteiger partial charge in [-0.15, -0.1) is 0 Å². The van der Waals surface area contributed by atoms with E-state index in [1.165, 1.54) is 0 Å². The lowest BCUT2D eigenvalue weighted by atomic mass is 10.1. The number of amides is 1. The zero-order valence-corrected chi connectivity index (χ0v) is 13.8. The van der Waals surface area contributed by atoms with Gasteiger partial charge in [0, 0.05) is 18.4 Å². The quantitative estimate of drug-likeness (QED) is 0.706. The zero-order valence-electron chi connectivity index (χ0n) is 12.2. The number of hydrogen-bond acceptors (Lipinski definition) is 3. The van der Waals surface area contributed by atoms with Crippen molar-refractivity contribution in [1.82, 2.24) is 4.90 Å². The molecule has 0 saturated carbocycles. The molecule has 1 aromatic rings. The van der Waals surface area contributed by atoms with Gasteiger partial charge in [0.25, 0.3) is 0 Å². The minimum absolute atomic E-state index is 0.171. The molecule has 0 N–H and O–H groups in total. The predicted molar refractivity (Wildman–Crippen MR) is 85.9 cm³/mol. The standard InChI is InChI=1S/C16H22BrNO3/c17-9-13-21-15-6-10-18(11-7-15)16(19)8-12-20-14-4-2-1-3-5-14/h1-5,15H,6-13H2. The van der Waals surface area contributed by atoms with Gasteiger partial charge in [-0.1, -0.05) is 34.1 Å². The van der Waals surface area contributed by atoms with E-state index < -0.39 is 0 Å². The fraction of sp³-hybridized carbons (Fsp3) is 0.562. The first-order valence-corrected chi connectivity index (χ1v) is 8.55. The molecule has 1 aliphatic rings. The van der Waals surface area contributed by atoms with Crippen molar-refractivity contribution in [2.24, 2.45) is 0 Å². The Morgan fingerprint density at radius 1 is 1.19 bits per heavy atom. The molecule has 1 aromatic carbocycles. The molecular weight excluding hydrogens is 334 g/mol. The van der Waals surface area contributed by atoms with Crippen molar-refractivity contribution in [2.45, 2.75) is 25.4 Å². The highest BCUT2D eigenvalue weighted by Gasteiger charge is 2.22. The van der Waals surface area contributed by atoms with Crippen LogP contribution in [0, 0.1) is 0 Å². The number of piperidine rings is 1. The number of benzene rings is 1. The molecule has 2 rings (SSSR count). The number of ether oxygens (including phenoxy) is 2. The van der Waals surface area contributed by atoms with Crippen molar-refractivity contribution in [3.05, 3.63) is 30.3 Å². The van der Waals surface area contributed by atoms with Crippen LogP contribution in [0.3, 0.4) is 0 Å². The molecule has 0 aliphatic carbocycles. The topological polar surface area (TPSA) is 38.8 Å². The first-order chi connectivity index (χ1) is 10.3. The summed E-state index contributed by atoms with van der Waals surface area (Å²) in [6.45, 7) is 2.75. The average Bonchev–Trinajstić information content (AvgIpc) is 2.54. The third-order valence-electron chi connectivity index (χ3n) is 3.55. The van der Waals surface area contributed by atoms with Crippen LogP contribution >= 0.6 is 15.9 Å². The molecule has 1 aliphatic heterocycles. The lowest BCUT2D eigenvalue weighted by molar-refractivity contribution is -0.134. The summed E-state index contributed by atoms with van der Waals surface area (Å²) in [5.74, 6) is 0.983. The summed E-state index contributed by atoms with van der Waals surface area (Å²) in [4.78, 5) is 14.0. The monoisotopic (exact) mass is 355 g/mol. The van der Waals surface area contributed by atoms with Crippen LogP contribution in [0.4, 0.5) is 0 Å². The summed E-state index contributed by atoms with van der Waals surface area (Å²) in [6.07, 6.45) is 2.59. The first-order valence-electron chi connectivity index (χ1n) is 7.43. The Morgan fingerprint density at radius 2 is 1.90 bits per heavy atom. The minimum atomic E-state index is 0.171. The maximum Gasteiger partial charge on any atom is 0.226 e. The first kappa shape index (κ1) is 16.3. The Kier molecular flexibility index (Phi) is 7.03. The van der Waals surface area contributed by atoms with E-state index in [1.807, 2.05) is 35.2 Å². The van der Waals surface area contributed by atoms with E-state index in [1.54, 1.807) is 0 Å². The molecule has 5 heteroatoms. The number of rotatable bonds is 7. The van der Waals surface area contributed by atoms with Crippen LogP contribution in [0.25, 0.3) is 0 Å². The van der Waals surface area contributed by atoms with E-state index in [0.29, 0.717) is 19.1 Å². The number of carbonyl (C=O) groups is 1. The largest absolute Gasteiger partial charge is 0.493 e. The highest BCUT2D eigenvalue weighted by Crippen LogP contribution is 2.15. The van der Waals surface area contributed by atoms with Crippen molar-refractivity contribution in [3.63, 3.8) is 0 Å². The molecule has 1 heterocycles. The van der Waals surface area contributed by atoms with Crippen LogP contribution in [0.2, 0.25) is 0 Å². The number of hydrogen-bond donors (Lipinski definition) is 0. The van der Waals surface area contributed by atoms with Crippen molar-refractivity contribution in [2.75, 3.05) is 31.6 Å².